The summed E-state index contributed by atoms with van der Waals surface area (Å²) in [4.78, 5) is 2.37. The highest BCUT2D eigenvalue weighted by atomic mass is 19.1. The maximum Gasteiger partial charge on any atom is 0.0928 e. The number of hydrogen-bond acceptors (Lipinski definition) is 1. The minimum atomic E-state index is -0.131. The number of halogens is 1. The number of likely N-dealkylation sites (tertiary alicyclic amines) is 1. The van der Waals surface area contributed by atoms with Crippen LogP contribution in [-0.2, 0) is 0 Å². The summed E-state index contributed by atoms with van der Waals surface area (Å²) in [6, 6.07) is 0. The molecule has 90 valence electrons. The van der Waals surface area contributed by atoms with Crippen molar-refractivity contribution in [3.8, 4) is 0 Å². The van der Waals surface area contributed by atoms with Gasteiger partial charge in [-0.15, -0.1) is 0 Å². The van der Waals surface area contributed by atoms with Gasteiger partial charge in [0.15, 0.2) is 0 Å². The summed E-state index contributed by atoms with van der Waals surface area (Å²) in [5, 5.41) is 0. The highest BCUT2D eigenvalue weighted by Crippen LogP contribution is 2.43. The van der Waals surface area contributed by atoms with Crippen molar-refractivity contribution in [3.63, 3.8) is 0 Å². The van der Waals surface area contributed by atoms with E-state index in [0.717, 1.165) is 25.9 Å². The van der Waals surface area contributed by atoms with Crippen LogP contribution in [-0.4, -0.2) is 31.7 Å². The Kier molecular flexibility index (Phi) is 4.57. The van der Waals surface area contributed by atoms with Crippen LogP contribution in [0.1, 0.15) is 40.0 Å². The summed E-state index contributed by atoms with van der Waals surface area (Å²) in [7, 11) is 2.17. The summed E-state index contributed by atoms with van der Waals surface area (Å²) in [6.45, 7) is 8.74. The van der Waals surface area contributed by atoms with Crippen LogP contribution in [0.25, 0.3) is 0 Å². The second-order valence-electron chi connectivity index (χ2n) is 5.69. The molecule has 1 nitrogen and oxygen atoms in total. The van der Waals surface area contributed by atoms with Crippen molar-refractivity contribution in [2.45, 2.75) is 40.0 Å². The number of alkyl halides is 1. The zero-order valence-electron chi connectivity index (χ0n) is 10.7. The number of piperidine rings is 1. The molecule has 0 aromatic rings. The van der Waals surface area contributed by atoms with Crippen molar-refractivity contribution in [3.05, 3.63) is 0 Å². The van der Waals surface area contributed by atoms with Gasteiger partial charge in [-0.1, -0.05) is 20.8 Å². The molecule has 2 atom stereocenters. The van der Waals surface area contributed by atoms with Crippen molar-refractivity contribution in [2.75, 3.05) is 26.8 Å². The minimum Gasteiger partial charge on any atom is -0.306 e. The van der Waals surface area contributed by atoms with E-state index in [0.29, 0.717) is 11.8 Å². The van der Waals surface area contributed by atoms with Crippen LogP contribution in [0, 0.1) is 17.3 Å². The molecule has 0 bridgehead atoms. The molecule has 1 fully saturated rings. The normalized spacial score (nSPS) is 33.6. The number of rotatable bonds is 4. The molecular formula is C13H26FN. The summed E-state index contributed by atoms with van der Waals surface area (Å²) >= 11 is 0. The molecule has 0 aliphatic carbocycles. The Morgan fingerprint density at radius 3 is 2.60 bits per heavy atom. The zero-order chi connectivity index (χ0) is 11.5. The van der Waals surface area contributed by atoms with Crippen LogP contribution in [0.4, 0.5) is 4.39 Å². The molecule has 1 heterocycles. The smallest absolute Gasteiger partial charge is 0.0928 e. The van der Waals surface area contributed by atoms with Crippen LogP contribution in [0.3, 0.4) is 0 Å². The van der Waals surface area contributed by atoms with Gasteiger partial charge in [0.2, 0.25) is 0 Å². The molecule has 0 aromatic heterocycles. The predicted octanol–water partition coefficient (Wildman–Crippen LogP) is 3.35. The van der Waals surface area contributed by atoms with Gasteiger partial charge in [-0.2, -0.15) is 0 Å². The first-order chi connectivity index (χ1) is 7.04. The van der Waals surface area contributed by atoms with Crippen LogP contribution in [0.2, 0.25) is 0 Å². The lowest BCUT2D eigenvalue weighted by molar-refractivity contribution is 0.00523. The van der Waals surface area contributed by atoms with Gasteiger partial charge in [0.25, 0.3) is 0 Å². The van der Waals surface area contributed by atoms with E-state index in [9.17, 15) is 4.39 Å². The molecule has 0 radical (unpaired) electrons. The second kappa shape index (κ2) is 5.29. The Hall–Kier alpha value is -0.110. The fourth-order valence-electron chi connectivity index (χ4n) is 3.26. The topological polar surface area (TPSA) is 3.24 Å². The molecule has 0 amide bonds. The summed E-state index contributed by atoms with van der Waals surface area (Å²) < 4.78 is 13.1. The second-order valence-corrected chi connectivity index (χ2v) is 5.69. The van der Waals surface area contributed by atoms with Crippen molar-refractivity contribution in [1.82, 2.24) is 4.90 Å². The molecule has 2 heteroatoms. The standard InChI is InChI=1S/C13H26FN/c1-5-13(8-11(2)3)10-15(4)7-6-12(13)9-14/h11-12H,5-10H2,1-4H3/t12-,13-/m1/s1. The quantitative estimate of drug-likeness (QED) is 0.695. The molecule has 0 aromatic carbocycles. The van der Waals surface area contributed by atoms with E-state index < -0.39 is 0 Å². The average molecular weight is 215 g/mol. The molecular weight excluding hydrogens is 189 g/mol. The Bertz CT molecular complexity index is 189. The van der Waals surface area contributed by atoms with Crippen LogP contribution >= 0.6 is 0 Å². The number of nitrogens with zero attached hydrogens (tertiary/aromatic N) is 1. The molecule has 1 saturated heterocycles. The van der Waals surface area contributed by atoms with E-state index in [2.05, 4.69) is 32.7 Å². The first-order valence-electron chi connectivity index (χ1n) is 6.28. The SMILES string of the molecule is CC[C@@]1(CC(C)C)CN(C)CC[C@@H]1CF. The van der Waals surface area contributed by atoms with E-state index in [1.165, 1.54) is 6.42 Å². The largest absolute Gasteiger partial charge is 0.306 e. The van der Waals surface area contributed by atoms with Gasteiger partial charge < -0.3 is 4.90 Å². The highest BCUT2D eigenvalue weighted by molar-refractivity contribution is 4.92. The molecule has 0 N–H and O–H groups in total. The van der Waals surface area contributed by atoms with E-state index in [4.69, 9.17) is 0 Å². The van der Waals surface area contributed by atoms with E-state index in [-0.39, 0.29) is 12.1 Å². The van der Waals surface area contributed by atoms with Crippen LogP contribution in [0.15, 0.2) is 0 Å². The molecule has 1 aliphatic rings. The monoisotopic (exact) mass is 215 g/mol. The van der Waals surface area contributed by atoms with Crippen molar-refractivity contribution >= 4 is 0 Å². The van der Waals surface area contributed by atoms with Crippen molar-refractivity contribution < 1.29 is 4.39 Å². The predicted molar refractivity (Wildman–Crippen MR) is 63.8 cm³/mol. The van der Waals surface area contributed by atoms with E-state index >= 15 is 0 Å². The first-order valence-corrected chi connectivity index (χ1v) is 6.28. The molecule has 15 heavy (non-hydrogen) atoms. The van der Waals surface area contributed by atoms with Crippen LogP contribution < -0.4 is 0 Å². The lowest BCUT2D eigenvalue weighted by atomic mass is 9.65. The van der Waals surface area contributed by atoms with E-state index in [1.54, 1.807) is 0 Å². The molecule has 1 aliphatic heterocycles. The Morgan fingerprint density at radius 1 is 1.47 bits per heavy atom. The highest BCUT2D eigenvalue weighted by Gasteiger charge is 2.41. The third kappa shape index (κ3) is 2.93. The van der Waals surface area contributed by atoms with Crippen molar-refractivity contribution in [1.29, 1.82) is 0 Å². The van der Waals surface area contributed by atoms with Gasteiger partial charge in [-0.3, -0.25) is 4.39 Å². The maximum atomic E-state index is 13.1. The van der Waals surface area contributed by atoms with Gasteiger partial charge in [0.1, 0.15) is 0 Å². The Labute approximate surface area is 94.0 Å². The number of hydrogen-bond donors (Lipinski definition) is 0. The fourth-order valence-corrected chi connectivity index (χ4v) is 3.26. The fraction of sp³-hybridized carbons (Fsp3) is 1.00. The van der Waals surface area contributed by atoms with Gasteiger partial charge in [0.05, 0.1) is 6.67 Å². The summed E-state index contributed by atoms with van der Waals surface area (Å²) in [5.74, 6) is 0.964. The van der Waals surface area contributed by atoms with Gasteiger partial charge in [-0.05, 0) is 50.1 Å². The Morgan fingerprint density at radius 2 is 2.13 bits per heavy atom. The lowest BCUT2D eigenvalue weighted by Crippen LogP contribution is -2.48. The Balaban J connectivity index is 2.78. The van der Waals surface area contributed by atoms with Crippen molar-refractivity contribution in [2.24, 2.45) is 17.3 Å². The van der Waals surface area contributed by atoms with Gasteiger partial charge in [-0.25, -0.2) is 0 Å². The van der Waals surface area contributed by atoms with E-state index in [1.807, 2.05) is 0 Å². The summed E-state index contributed by atoms with van der Waals surface area (Å²) in [5.41, 5.74) is 0.232. The minimum absolute atomic E-state index is 0.131. The molecule has 1 rings (SSSR count). The van der Waals surface area contributed by atoms with Gasteiger partial charge >= 0.3 is 0 Å². The molecule has 0 unspecified atom stereocenters. The maximum absolute atomic E-state index is 13.1. The zero-order valence-corrected chi connectivity index (χ0v) is 10.7. The van der Waals surface area contributed by atoms with Gasteiger partial charge in [0, 0.05) is 6.54 Å². The summed E-state index contributed by atoms with van der Waals surface area (Å²) in [6.07, 6.45) is 3.32. The third-order valence-corrected chi connectivity index (χ3v) is 4.02. The third-order valence-electron chi connectivity index (χ3n) is 4.02. The first kappa shape index (κ1) is 13.0. The average Bonchev–Trinajstić information content (AvgIpc) is 2.17. The lowest BCUT2D eigenvalue weighted by Gasteiger charge is -2.47. The van der Waals surface area contributed by atoms with Crippen LogP contribution in [0.5, 0.6) is 0 Å². The molecule has 0 saturated carbocycles. The molecule has 0 spiro atoms.